The van der Waals surface area contributed by atoms with Crippen molar-refractivity contribution >= 4 is 23.0 Å². The van der Waals surface area contributed by atoms with Crippen LogP contribution in [0.3, 0.4) is 0 Å². The predicted octanol–water partition coefficient (Wildman–Crippen LogP) is 8.57. The topological polar surface area (TPSA) is 18.5 Å². The number of hydrogen-bond donors (Lipinski definition) is 0. The molecule has 2 nitrogen and oxygen atoms in total. The first-order valence-corrected chi connectivity index (χ1v) is 10.7. The summed E-state index contributed by atoms with van der Waals surface area (Å²) in [6.07, 6.45) is -4.58. The molecule has 0 atom stereocenters. The average molecular weight is 604 g/mol. The van der Waals surface area contributed by atoms with Gasteiger partial charge < -0.3 is 7.80 Å². The van der Waals surface area contributed by atoms with E-state index in [9.17, 15) is 30.7 Å². The van der Waals surface area contributed by atoms with E-state index in [1.807, 2.05) is 0 Å². The molecule has 0 spiro atoms. The zero-order valence-electron chi connectivity index (χ0n) is 17.3. The molecule has 0 aliphatic heterocycles. The summed E-state index contributed by atoms with van der Waals surface area (Å²) in [5.74, 6) is -7.34. The maximum absolute atomic E-state index is 14.8. The summed E-state index contributed by atoms with van der Waals surface area (Å²) < 4.78 is 109. The van der Waals surface area contributed by atoms with Crippen molar-refractivity contribution in [1.82, 2.24) is 0 Å². The van der Waals surface area contributed by atoms with Crippen molar-refractivity contribution in [1.29, 1.82) is 0 Å². The van der Waals surface area contributed by atoms with Gasteiger partial charge in [-0.3, -0.25) is 0 Å². The Hall–Kier alpha value is -3.28. The molecule has 0 radical (unpaired) electrons. The van der Waals surface area contributed by atoms with E-state index in [-0.39, 0.29) is 11.1 Å². The van der Waals surface area contributed by atoms with Crippen LogP contribution in [-0.4, -0.2) is 0 Å². The van der Waals surface area contributed by atoms with Crippen LogP contribution in [0.2, 0.25) is 0 Å². The monoisotopic (exact) mass is 604 g/mol. The average Bonchev–Trinajstić information content (AvgIpc) is 2.80. The third-order valence-corrected chi connectivity index (χ3v) is 5.54. The lowest BCUT2D eigenvalue weighted by Gasteiger charge is -2.20. The lowest BCUT2D eigenvalue weighted by atomic mass is 9.98. The number of ether oxygens (including phenoxy) is 1. The molecule has 10 heteroatoms. The van der Waals surface area contributed by atoms with Gasteiger partial charge in [0.2, 0.25) is 0 Å². The molecule has 4 aromatic rings. The Kier molecular flexibility index (Phi) is 6.93. The van der Waals surface area contributed by atoms with Gasteiger partial charge in [-0.2, -0.15) is 8.78 Å². The quantitative estimate of drug-likeness (QED) is 0.162. The molecule has 0 N–H and O–H groups in total. The van der Waals surface area contributed by atoms with Crippen LogP contribution in [0.4, 0.5) is 30.7 Å². The van der Waals surface area contributed by atoms with Gasteiger partial charge in [-0.05, 0) is 59.2 Å². The van der Waals surface area contributed by atoms with Crippen LogP contribution in [-0.2, 0) is 6.11 Å². The molecule has 4 rings (SSSR count). The van der Waals surface area contributed by atoms with E-state index in [1.165, 1.54) is 12.1 Å². The van der Waals surface area contributed by atoms with E-state index in [2.05, 4.69) is 4.74 Å². The fourth-order valence-corrected chi connectivity index (χ4v) is 3.67. The Morgan fingerprint density at radius 3 is 1.69 bits per heavy atom. The Labute approximate surface area is 208 Å². The summed E-state index contributed by atoms with van der Waals surface area (Å²) >= 11 is 1.71. The van der Waals surface area contributed by atoms with Crippen LogP contribution in [0.5, 0.6) is 11.5 Å². The van der Waals surface area contributed by atoms with Gasteiger partial charge in [-0.25, -0.2) is 22.0 Å². The first-order valence-electron chi connectivity index (χ1n) is 9.79. The van der Waals surface area contributed by atoms with Crippen LogP contribution in [0.15, 0.2) is 72.8 Å². The molecule has 0 aliphatic carbocycles. The highest BCUT2D eigenvalue weighted by atomic mass is 127. The van der Waals surface area contributed by atoms with Crippen molar-refractivity contribution in [3.8, 4) is 33.8 Å². The van der Waals surface area contributed by atoms with Crippen molar-refractivity contribution < 1.29 is 38.5 Å². The number of benzene rings is 4. The highest BCUT2D eigenvalue weighted by Gasteiger charge is 2.41. The van der Waals surface area contributed by atoms with Crippen molar-refractivity contribution in [2.24, 2.45) is 0 Å². The van der Waals surface area contributed by atoms with Gasteiger partial charge in [0.15, 0.2) is 34.6 Å². The van der Waals surface area contributed by atoms with E-state index in [0.717, 1.165) is 6.07 Å². The molecule has 35 heavy (non-hydrogen) atoms. The van der Waals surface area contributed by atoms with E-state index in [1.54, 1.807) is 47.3 Å². The zero-order valence-corrected chi connectivity index (χ0v) is 19.4. The van der Waals surface area contributed by atoms with E-state index >= 15 is 0 Å². The number of alkyl halides is 2. The van der Waals surface area contributed by atoms with Gasteiger partial charge in [0.05, 0.1) is 0 Å². The van der Waals surface area contributed by atoms with Crippen LogP contribution in [0.1, 0.15) is 5.56 Å². The van der Waals surface area contributed by atoms with Crippen LogP contribution >= 0.6 is 23.0 Å². The molecule has 0 aromatic heterocycles. The molecule has 0 unspecified atom stereocenters. The second-order valence-electron chi connectivity index (χ2n) is 7.31. The molecular weight excluding hydrogens is 592 g/mol. The molecule has 0 saturated carbocycles. The standard InChI is InChI=1S/C25H12F7IO2/c26-19-8-6-17(12-21(19)28)34-25(31,32)24-22(29)10-15(11-23(24)30)18-7-3-14(9-20(18)27)13-1-4-16(35-33)5-2-13/h1-12H. The largest absolute Gasteiger partial charge is 0.432 e. The van der Waals surface area contributed by atoms with Gasteiger partial charge in [0, 0.05) is 11.6 Å². The number of rotatable bonds is 6. The van der Waals surface area contributed by atoms with Gasteiger partial charge in [0.25, 0.3) is 0 Å². The van der Waals surface area contributed by atoms with Crippen molar-refractivity contribution in [2.45, 2.75) is 6.11 Å². The summed E-state index contributed by atoms with van der Waals surface area (Å²) in [6, 6.07) is 13.2. The first-order chi connectivity index (χ1) is 16.6. The minimum Gasteiger partial charge on any atom is -0.429 e. The van der Waals surface area contributed by atoms with E-state index < -0.39 is 46.5 Å². The Morgan fingerprint density at radius 2 is 1.11 bits per heavy atom. The smallest absolute Gasteiger partial charge is 0.429 e. The van der Waals surface area contributed by atoms with Crippen LogP contribution < -0.4 is 7.80 Å². The molecule has 0 saturated heterocycles. The predicted molar refractivity (Wildman–Crippen MR) is 123 cm³/mol. The van der Waals surface area contributed by atoms with Crippen molar-refractivity contribution in [2.75, 3.05) is 0 Å². The third kappa shape index (κ3) is 5.21. The Balaban J connectivity index is 1.65. The van der Waals surface area contributed by atoms with Gasteiger partial charge in [-0.15, -0.1) is 0 Å². The lowest BCUT2D eigenvalue weighted by Crippen LogP contribution is -2.25. The number of hydrogen-bond acceptors (Lipinski definition) is 2. The van der Waals surface area contributed by atoms with Crippen molar-refractivity contribution in [3.63, 3.8) is 0 Å². The normalized spacial score (nSPS) is 11.4. The van der Waals surface area contributed by atoms with E-state index in [0.29, 0.717) is 47.2 Å². The lowest BCUT2D eigenvalue weighted by molar-refractivity contribution is -0.189. The first kappa shape index (κ1) is 24.8. The SMILES string of the molecule is Fc1ccc(OC(F)(F)c2c(F)cc(-c3ccc(-c4ccc(OI)cc4)cc3F)cc2F)cc1F. The number of halogens is 8. The van der Waals surface area contributed by atoms with Crippen LogP contribution in [0, 0.1) is 29.1 Å². The van der Waals surface area contributed by atoms with Crippen LogP contribution in [0.25, 0.3) is 22.3 Å². The molecule has 0 fully saturated rings. The summed E-state index contributed by atoms with van der Waals surface area (Å²) in [5.41, 5.74) is -1.20. The van der Waals surface area contributed by atoms with E-state index in [4.69, 9.17) is 3.07 Å². The summed E-state index contributed by atoms with van der Waals surface area (Å²) in [4.78, 5) is 0. The fourth-order valence-electron chi connectivity index (χ4n) is 3.37. The minimum atomic E-state index is -4.58. The molecule has 180 valence electrons. The minimum absolute atomic E-state index is 0.227. The second-order valence-corrected chi connectivity index (χ2v) is 7.75. The summed E-state index contributed by atoms with van der Waals surface area (Å²) in [5, 5.41) is 0. The Morgan fingerprint density at radius 1 is 0.543 bits per heavy atom. The molecule has 4 aromatic carbocycles. The Bertz CT molecular complexity index is 1370. The van der Waals surface area contributed by atoms with Gasteiger partial charge >= 0.3 is 6.11 Å². The maximum Gasteiger partial charge on any atom is 0.432 e. The molecule has 0 heterocycles. The molecule has 0 bridgehead atoms. The molecule has 0 aliphatic rings. The highest BCUT2D eigenvalue weighted by molar-refractivity contribution is 14.1. The second kappa shape index (κ2) is 9.76. The van der Waals surface area contributed by atoms with Gasteiger partial charge in [-0.1, -0.05) is 24.3 Å². The maximum atomic E-state index is 14.8. The molecular formula is C25H12F7IO2. The third-order valence-electron chi connectivity index (χ3n) is 5.03. The van der Waals surface area contributed by atoms with Gasteiger partial charge in [0.1, 0.15) is 34.5 Å². The van der Waals surface area contributed by atoms with Crippen molar-refractivity contribution in [3.05, 3.63) is 107 Å². The highest BCUT2D eigenvalue weighted by Crippen LogP contribution is 2.38. The fraction of sp³-hybridized carbons (Fsp3) is 0.0400. The zero-order chi connectivity index (χ0) is 25.3. The molecule has 0 amide bonds. The summed E-state index contributed by atoms with van der Waals surface area (Å²) in [6.45, 7) is 0. The summed E-state index contributed by atoms with van der Waals surface area (Å²) in [7, 11) is 0.